The monoisotopic (exact) mass is 312 g/mol. The number of anilines is 2. The molecule has 0 atom stereocenters. The highest BCUT2D eigenvalue weighted by Gasteiger charge is 2.18. The summed E-state index contributed by atoms with van der Waals surface area (Å²) in [7, 11) is 0. The van der Waals surface area contributed by atoms with Crippen molar-refractivity contribution in [3.8, 4) is 0 Å². The maximum Gasteiger partial charge on any atom is 0.228 e. The predicted octanol–water partition coefficient (Wildman–Crippen LogP) is 2.60. The molecule has 0 saturated heterocycles. The molecule has 2 aromatic rings. The SMILES string of the molecule is CSc1c(NCCc2nc(C)no2)sc(C(C)=O)c1N. The summed E-state index contributed by atoms with van der Waals surface area (Å²) in [5.74, 6) is 1.21. The van der Waals surface area contributed by atoms with Crippen molar-refractivity contribution < 1.29 is 9.32 Å². The molecule has 0 aromatic carbocycles. The normalized spacial score (nSPS) is 10.8. The van der Waals surface area contributed by atoms with Crippen LogP contribution in [-0.4, -0.2) is 28.7 Å². The van der Waals surface area contributed by atoms with Gasteiger partial charge in [-0.1, -0.05) is 5.16 Å². The topological polar surface area (TPSA) is 94.0 Å². The molecule has 0 aliphatic rings. The second-order valence-electron chi connectivity index (χ2n) is 4.18. The molecular formula is C12H16N4O2S2. The van der Waals surface area contributed by atoms with E-state index in [-0.39, 0.29) is 5.78 Å². The number of rotatable bonds is 6. The van der Waals surface area contributed by atoms with E-state index in [4.69, 9.17) is 10.3 Å². The second kappa shape index (κ2) is 6.27. The molecule has 0 spiro atoms. The molecule has 0 bridgehead atoms. The quantitative estimate of drug-likeness (QED) is 0.625. The summed E-state index contributed by atoms with van der Waals surface area (Å²) >= 11 is 2.92. The molecule has 2 aromatic heterocycles. The number of hydrogen-bond donors (Lipinski definition) is 2. The lowest BCUT2D eigenvalue weighted by molar-refractivity contribution is 0.102. The molecule has 108 valence electrons. The van der Waals surface area contributed by atoms with Crippen LogP contribution in [0.2, 0.25) is 0 Å². The maximum absolute atomic E-state index is 11.5. The van der Waals surface area contributed by atoms with Gasteiger partial charge >= 0.3 is 0 Å². The Kier molecular flexibility index (Phi) is 4.66. The van der Waals surface area contributed by atoms with E-state index in [2.05, 4.69) is 15.5 Å². The summed E-state index contributed by atoms with van der Waals surface area (Å²) in [5.41, 5.74) is 6.55. The minimum atomic E-state index is -0.0108. The van der Waals surface area contributed by atoms with Crippen molar-refractivity contribution in [1.29, 1.82) is 0 Å². The van der Waals surface area contributed by atoms with Crippen LogP contribution in [0.1, 0.15) is 28.3 Å². The summed E-state index contributed by atoms with van der Waals surface area (Å²) < 4.78 is 5.04. The molecule has 6 nitrogen and oxygen atoms in total. The predicted molar refractivity (Wildman–Crippen MR) is 81.7 cm³/mol. The Labute approximate surface area is 125 Å². The van der Waals surface area contributed by atoms with Gasteiger partial charge in [0.25, 0.3) is 0 Å². The number of thioether (sulfide) groups is 1. The Morgan fingerprint density at radius 2 is 2.30 bits per heavy atom. The van der Waals surface area contributed by atoms with E-state index in [1.54, 1.807) is 6.92 Å². The molecular weight excluding hydrogens is 296 g/mol. The summed E-state index contributed by atoms with van der Waals surface area (Å²) in [6.45, 7) is 3.95. The van der Waals surface area contributed by atoms with E-state index in [0.717, 1.165) is 9.90 Å². The van der Waals surface area contributed by atoms with Crippen LogP contribution in [0.25, 0.3) is 0 Å². The van der Waals surface area contributed by atoms with Crippen molar-refractivity contribution in [2.75, 3.05) is 23.9 Å². The highest BCUT2D eigenvalue weighted by molar-refractivity contribution is 7.99. The largest absolute Gasteiger partial charge is 0.396 e. The van der Waals surface area contributed by atoms with E-state index in [9.17, 15) is 4.79 Å². The molecule has 0 radical (unpaired) electrons. The number of thiophene rings is 1. The third-order valence-electron chi connectivity index (χ3n) is 2.62. The standard InChI is InChI=1S/C12H16N4O2S2/c1-6(17)10-9(13)11(19-3)12(20-10)14-5-4-8-15-7(2)16-18-8/h14H,4-5,13H2,1-3H3. The first-order valence-corrected chi connectivity index (χ1v) is 8.07. The first kappa shape index (κ1) is 14.9. The van der Waals surface area contributed by atoms with Crippen LogP contribution in [0.5, 0.6) is 0 Å². The lowest BCUT2D eigenvalue weighted by Crippen LogP contribution is -2.04. The van der Waals surface area contributed by atoms with E-state index in [0.29, 0.717) is 35.2 Å². The number of nitrogen functional groups attached to an aromatic ring is 1. The molecule has 20 heavy (non-hydrogen) atoms. The van der Waals surface area contributed by atoms with Gasteiger partial charge in [0.2, 0.25) is 5.89 Å². The van der Waals surface area contributed by atoms with Crippen LogP contribution in [0.15, 0.2) is 9.42 Å². The first-order chi connectivity index (χ1) is 9.52. The first-order valence-electron chi connectivity index (χ1n) is 6.03. The fourth-order valence-electron chi connectivity index (χ4n) is 1.73. The number of Topliss-reactive ketones (excluding diaryl/α,β-unsaturated/α-hetero) is 1. The van der Waals surface area contributed by atoms with Crippen molar-refractivity contribution in [2.24, 2.45) is 0 Å². The van der Waals surface area contributed by atoms with E-state index in [1.807, 2.05) is 6.26 Å². The Bertz CT molecular complexity index is 621. The van der Waals surface area contributed by atoms with Crippen molar-refractivity contribution >= 4 is 39.6 Å². The van der Waals surface area contributed by atoms with Crippen LogP contribution >= 0.6 is 23.1 Å². The minimum Gasteiger partial charge on any atom is -0.396 e. The van der Waals surface area contributed by atoms with Gasteiger partial charge in [0.1, 0.15) is 5.00 Å². The van der Waals surface area contributed by atoms with Crippen LogP contribution in [-0.2, 0) is 6.42 Å². The zero-order valence-electron chi connectivity index (χ0n) is 11.5. The van der Waals surface area contributed by atoms with Gasteiger partial charge in [-0.25, -0.2) is 0 Å². The molecule has 8 heteroatoms. The van der Waals surface area contributed by atoms with Crippen molar-refractivity contribution in [1.82, 2.24) is 10.1 Å². The van der Waals surface area contributed by atoms with Gasteiger partial charge in [-0.15, -0.1) is 23.1 Å². The summed E-state index contributed by atoms with van der Waals surface area (Å²) in [4.78, 5) is 17.2. The third kappa shape index (κ3) is 3.13. The van der Waals surface area contributed by atoms with Gasteiger partial charge in [0.05, 0.1) is 15.5 Å². The van der Waals surface area contributed by atoms with Gasteiger partial charge in [-0.2, -0.15) is 4.98 Å². The van der Waals surface area contributed by atoms with Gasteiger partial charge in [-0.3, -0.25) is 4.79 Å². The Morgan fingerprint density at radius 1 is 1.55 bits per heavy atom. The average molecular weight is 312 g/mol. The molecule has 0 aliphatic carbocycles. The maximum atomic E-state index is 11.5. The molecule has 0 unspecified atom stereocenters. The zero-order valence-corrected chi connectivity index (χ0v) is 13.2. The Hall–Kier alpha value is -1.54. The Balaban J connectivity index is 2.05. The van der Waals surface area contributed by atoms with Gasteiger partial charge in [0, 0.05) is 19.9 Å². The molecule has 2 heterocycles. The van der Waals surface area contributed by atoms with E-state index < -0.39 is 0 Å². The van der Waals surface area contributed by atoms with Crippen molar-refractivity contribution in [2.45, 2.75) is 25.2 Å². The smallest absolute Gasteiger partial charge is 0.228 e. The minimum absolute atomic E-state index is 0.0108. The van der Waals surface area contributed by atoms with Gasteiger partial charge in [-0.05, 0) is 13.2 Å². The molecule has 0 amide bonds. The van der Waals surface area contributed by atoms with Crippen LogP contribution in [0, 0.1) is 6.92 Å². The molecule has 3 N–H and O–H groups in total. The van der Waals surface area contributed by atoms with Crippen molar-refractivity contribution in [3.63, 3.8) is 0 Å². The number of hydrogen-bond acceptors (Lipinski definition) is 8. The second-order valence-corrected chi connectivity index (χ2v) is 6.01. The summed E-state index contributed by atoms with van der Waals surface area (Å²) in [5, 5.41) is 7.93. The average Bonchev–Trinajstić information content (AvgIpc) is 2.94. The number of carbonyl (C=O) groups is 1. The number of carbonyl (C=O) groups excluding carboxylic acids is 1. The van der Waals surface area contributed by atoms with E-state index >= 15 is 0 Å². The number of aromatic nitrogens is 2. The van der Waals surface area contributed by atoms with Crippen molar-refractivity contribution in [3.05, 3.63) is 16.6 Å². The summed E-state index contributed by atoms with van der Waals surface area (Å²) in [6.07, 6.45) is 2.57. The fraction of sp³-hybridized carbons (Fsp3) is 0.417. The zero-order chi connectivity index (χ0) is 14.7. The molecule has 2 rings (SSSR count). The Morgan fingerprint density at radius 3 is 2.85 bits per heavy atom. The highest BCUT2D eigenvalue weighted by atomic mass is 32.2. The van der Waals surface area contributed by atoms with Crippen LogP contribution in [0.4, 0.5) is 10.7 Å². The van der Waals surface area contributed by atoms with Gasteiger partial charge < -0.3 is 15.6 Å². The highest BCUT2D eigenvalue weighted by Crippen LogP contribution is 2.41. The lowest BCUT2D eigenvalue weighted by Gasteiger charge is -2.04. The summed E-state index contributed by atoms with van der Waals surface area (Å²) in [6, 6.07) is 0. The molecule has 0 aliphatic heterocycles. The molecule has 0 saturated carbocycles. The third-order valence-corrected chi connectivity index (χ3v) is 4.84. The van der Waals surface area contributed by atoms with E-state index in [1.165, 1.54) is 30.0 Å². The van der Waals surface area contributed by atoms with Crippen LogP contribution in [0.3, 0.4) is 0 Å². The lowest BCUT2D eigenvalue weighted by atomic mass is 10.3. The molecule has 0 fully saturated rings. The number of aryl methyl sites for hydroxylation is 1. The number of nitrogens with two attached hydrogens (primary N) is 1. The number of nitrogens with one attached hydrogen (secondary N) is 1. The van der Waals surface area contributed by atoms with Crippen LogP contribution < -0.4 is 11.1 Å². The number of nitrogens with zero attached hydrogens (tertiary/aromatic N) is 2. The fourth-order valence-corrected chi connectivity index (χ4v) is 3.69. The van der Waals surface area contributed by atoms with Gasteiger partial charge in [0.15, 0.2) is 11.6 Å². The number of ketones is 1.